The van der Waals surface area contributed by atoms with E-state index in [2.05, 4.69) is 45.1 Å². The van der Waals surface area contributed by atoms with Crippen molar-refractivity contribution in [2.75, 3.05) is 13.2 Å². The van der Waals surface area contributed by atoms with Gasteiger partial charge in [-0.05, 0) is 29.5 Å². The van der Waals surface area contributed by atoms with Crippen LogP contribution in [-0.4, -0.2) is 24.7 Å². The summed E-state index contributed by atoms with van der Waals surface area (Å²) in [5, 5.41) is 3.76. The lowest BCUT2D eigenvalue weighted by atomic mass is 9.86. The number of hydrogen-bond donors (Lipinski definition) is 1. The summed E-state index contributed by atoms with van der Waals surface area (Å²) >= 11 is 12.5. The number of benzene rings is 2. The highest BCUT2D eigenvalue weighted by Gasteiger charge is 2.39. The molecule has 2 aromatic carbocycles. The van der Waals surface area contributed by atoms with E-state index in [0.717, 1.165) is 24.8 Å². The number of amides is 1. The van der Waals surface area contributed by atoms with Crippen molar-refractivity contribution in [3.8, 4) is 0 Å². The Morgan fingerprint density at radius 2 is 1.65 bits per heavy atom. The molecule has 31 heavy (non-hydrogen) atoms. The smallest absolute Gasteiger partial charge is 0.254 e. The summed E-state index contributed by atoms with van der Waals surface area (Å²) in [6, 6.07) is 13.4. The highest BCUT2D eigenvalue weighted by Crippen LogP contribution is 2.32. The molecule has 1 fully saturated rings. The topological polar surface area (TPSA) is 47.6 Å². The van der Waals surface area contributed by atoms with Gasteiger partial charge >= 0.3 is 0 Å². The van der Waals surface area contributed by atoms with Crippen molar-refractivity contribution >= 4 is 29.1 Å². The molecule has 0 aromatic heterocycles. The molecule has 2 aromatic rings. The van der Waals surface area contributed by atoms with Gasteiger partial charge < -0.3 is 14.8 Å². The lowest BCUT2D eigenvalue weighted by Crippen LogP contribution is -2.58. The number of nitrogens with one attached hydrogen (secondary N) is 1. The fraction of sp³-hybridized carbons (Fsp3) is 0.480. The molecule has 0 saturated carbocycles. The van der Waals surface area contributed by atoms with E-state index in [1.807, 2.05) is 12.1 Å². The lowest BCUT2D eigenvalue weighted by molar-refractivity contribution is -0.217. The van der Waals surface area contributed by atoms with Gasteiger partial charge in [-0.1, -0.05) is 94.1 Å². The Morgan fingerprint density at radius 3 is 2.16 bits per heavy atom. The number of unbranched alkanes of at least 4 members (excludes halogenated alkanes) is 1. The van der Waals surface area contributed by atoms with E-state index in [4.69, 9.17) is 32.7 Å². The Labute approximate surface area is 195 Å². The summed E-state index contributed by atoms with van der Waals surface area (Å²) in [5.41, 5.74) is 1.97. The van der Waals surface area contributed by atoms with Gasteiger partial charge in [-0.3, -0.25) is 4.79 Å². The molecule has 1 amide bonds. The molecule has 1 N–H and O–H groups in total. The van der Waals surface area contributed by atoms with E-state index in [1.54, 1.807) is 18.2 Å². The molecule has 0 aliphatic carbocycles. The fourth-order valence-electron chi connectivity index (χ4n) is 3.71. The first kappa shape index (κ1) is 24.1. The molecule has 1 heterocycles. The number of ether oxygens (including phenoxy) is 2. The molecule has 0 radical (unpaired) electrons. The molecule has 0 bridgehead atoms. The highest BCUT2D eigenvalue weighted by atomic mass is 35.5. The molecule has 4 nitrogen and oxygen atoms in total. The van der Waals surface area contributed by atoms with Crippen molar-refractivity contribution < 1.29 is 14.3 Å². The molecular formula is C25H31Cl2NO3. The molecule has 3 rings (SSSR count). The van der Waals surface area contributed by atoms with Gasteiger partial charge in [0, 0.05) is 5.56 Å². The van der Waals surface area contributed by atoms with E-state index >= 15 is 0 Å². The zero-order chi connectivity index (χ0) is 22.6. The van der Waals surface area contributed by atoms with Gasteiger partial charge in [0.05, 0.1) is 34.4 Å². The van der Waals surface area contributed by atoms with Gasteiger partial charge in [-0.2, -0.15) is 0 Å². The van der Waals surface area contributed by atoms with E-state index < -0.39 is 11.8 Å². The minimum atomic E-state index is -0.628. The number of carbonyl (C=O) groups is 1. The van der Waals surface area contributed by atoms with Crippen LogP contribution in [0.3, 0.4) is 0 Å². The van der Waals surface area contributed by atoms with Crippen LogP contribution in [0.15, 0.2) is 42.5 Å². The Hall–Kier alpha value is -1.59. The highest BCUT2D eigenvalue weighted by molar-refractivity contribution is 6.39. The van der Waals surface area contributed by atoms with Crippen LogP contribution in [0.4, 0.5) is 0 Å². The third kappa shape index (κ3) is 5.81. The maximum Gasteiger partial charge on any atom is 0.254 e. The average molecular weight is 464 g/mol. The maximum absolute atomic E-state index is 13.0. The van der Waals surface area contributed by atoms with Gasteiger partial charge in [0.25, 0.3) is 5.91 Å². The molecule has 168 valence electrons. The average Bonchev–Trinajstić information content (AvgIpc) is 2.72. The van der Waals surface area contributed by atoms with Gasteiger partial charge in [-0.15, -0.1) is 0 Å². The second-order valence-electron chi connectivity index (χ2n) is 9.26. The number of carbonyl (C=O) groups excluding carboxylic acids is 1. The largest absolute Gasteiger partial charge is 0.346 e. The number of hydrogen-bond acceptors (Lipinski definition) is 3. The molecule has 0 atom stereocenters. The van der Waals surface area contributed by atoms with E-state index in [9.17, 15) is 4.79 Å². The van der Waals surface area contributed by atoms with Crippen molar-refractivity contribution in [2.24, 2.45) is 0 Å². The van der Waals surface area contributed by atoms with Crippen molar-refractivity contribution in [3.63, 3.8) is 0 Å². The second kappa shape index (κ2) is 9.91. The molecule has 6 heteroatoms. The van der Waals surface area contributed by atoms with Crippen LogP contribution in [-0.2, 0) is 14.9 Å². The third-order valence-electron chi connectivity index (χ3n) is 5.65. The van der Waals surface area contributed by atoms with Crippen LogP contribution >= 0.6 is 23.2 Å². The first-order chi connectivity index (χ1) is 14.6. The predicted octanol–water partition coefficient (Wildman–Crippen LogP) is 6.70. The van der Waals surface area contributed by atoms with Crippen molar-refractivity contribution in [3.05, 3.63) is 69.2 Å². The summed E-state index contributed by atoms with van der Waals surface area (Å²) in [6.07, 6.45) is 2.23. The summed E-state index contributed by atoms with van der Waals surface area (Å²) in [6.45, 7) is 9.38. The predicted molar refractivity (Wildman–Crippen MR) is 126 cm³/mol. The van der Waals surface area contributed by atoms with E-state index in [-0.39, 0.29) is 16.9 Å². The first-order valence-corrected chi connectivity index (χ1v) is 11.5. The maximum atomic E-state index is 13.0. The number of halogens is 2. The van der Waals surface area contributed by atoms with Crippen molar-refractivity contribution in [2.45, 2.75) is 64.2 Å². The van der Waals surface area contributed by atoms with Crippen LogP contribution in [0.1, 0.15) is 74.7 Å². The monoisotopic (exact) mass is 463 g/mol. The summed E-state index contributed by atoms with van der Waals surface area (Å²) < 4.78 is 12.2. The summed E-state index contributed by atoms with van der Waals surface area (Å²) in [7, 11) is 0. The Kier molecular flexibility index (Phi) is 7.69. The molecule has 1 aliphatic rings. The molecule has 1 saturated heterocycles. The number of rotatable bonds is 6. The van der Waals surface area contributed by atoms with Crippen molar-refractivity contribution in [1.82, 2.24) is 5.32 Å². The van der Waals surface area contributed by atoms with E-state index in [0.29, 0.717) is 23.3 Å². The van der Waals surface area contributed by atoms with E-state index in [1.165, 1.54) is 5.56 Å². The lowest BCUT2D eigenvalue weighted by Gasteiger charge is -2.41. The van der Waals surface area contributed by atoms with Crippen LogP contribution in [0.5, 0.6) is 0 Å². The molecular weight excluding hydrogens is 433 g/mol. The third-order valence-corrected chi connectivity index (χ3v) is 6.28. The molecule has 0 unspecified atom stereocenters. The van der Waals surface area contributed by atoms with Crippen LogP contribution in [0.25, 0.3) is 0 Å². The standard InChI is InChI=1S/C25H31Cl2NO3/c1-5-6-14-25(28-22(29)21-19(26)8-7-9-20(21)27)15-30-23(31-16-25)17-10-12-18(13-11-17)24(2,3)4/h7-13,23H,5-6,14-16H2,1-4H3,(H,28,29). The van der Waals surface area contributed by atoms with Crippen LogP contribution < -0.4 is 5.32 Å². The Balaban J connectivity index is 1.73. The summed E-state index contributed by atoms with van der Waals surface area (Å²) in [4.78, 5) is 13.0. The zero-order valence-corrected chi connectivity index (χ0v) is 20.1. The second-order valence-corrected chi connectivity index (χ2v) is 10.1. The minimum absolute atomic E-state index is 0.0897. The van der Waals surface area contributed by atoms with Crippen LogP contribution in [0.2, 0.25) is 10.0 Å². The minimum Gasteiger partial charge on any atom is -0.346 e. The normalized spacial score (nSPS) is 21.7. The Bertz CT molecular complexity index is 878. The van der Waals surface area contributed by atoms with Gasteiger partial charge in [0.1, 0.15) is 0 Å². The Morgan fingerprint density at radius 1 is 1.06 bits per heavy atom. The first-order valence-electron chi connectivity index (χ1n) is 10.8. The molecule has 1 aliphatic heterocycles. The van der Waals surface area contributed by atoms with Crippen molar-refractivity contribution in [1.29, 1.82) is 0 Å². The van der Waals surface area contributed by atoms with Gasteiger partial charge in [-0.25, -0.2) is 0 Å². The zero-order valence-electron chi connectivity index (χ0n) is 18.6. The summed E-state index contributed by atoms with van der Waals surface area (Å²) in [5.74, 6) is -0.313. The SMILES string of the molecule is CCCCC1(NC(=O)c2c(Cl)cccc2Cl)COC(c2ccc(C(C)(C)C)cc2)OC1. The van der Waals surface area contributed by atoms with Gasteiger partial charge in [0.15, 0.2) is 6.29 Å². The van der Waals surface area contributed by atoms with Crippen LogP contribution in [0, 0.1) is 0 Å². The quantitative estimate of drug-likeness (QED) is 0.518. The molecule has 0 spiro atoms. The fourth-order valence-corrected chi connectivity index (χ4v) is 4.27. The van der Waals surface area contributed by atoms with Gasteiger partial charge in [0.2, 0.25) is 0 Å².